The number of hydrogen-bond donors (Lipinski definition) is 1. The number of hydrogen-bond acceptors (Lipinski definition) is 2. The lowest BCUT2D eigenvalue weighted by Crippen LogP contribution is -2.22. The van der Waals surface area contributed by atoms with Gasteiger partial charge in [0, 0.05) is 6.04 Å². The van der Waals surface area contributed by atoms with E-state index < -0.39 is 0 Å². The lowest BCUT2D eigenvalue weighted by atomic mass is 9.97. The van der Waals surface area contributed by atoms with Gasteiger partial charge in [0.1, 0.15) is 5.75 Å². The Bertz CT molecular complexity index is 414. The summed E-state index contributed by atoms with van der Waals surface area (Å²) >= 11 is 0. The van der Waals surface area contributed by atoms with Crippen LogP contribution in [0.15, 0.2) is 18.2 Å². The van der Waals surface area contributed by atoms with E-state index in [1.165, 1.54) is 30.4 Å². The number of benzene rings is 1. The smallest absolute Gasteiger partial charge is 0.120 e. The Labute approximate surface area is 117 Å². The third kappa shape index (κ3) is 3.73. The lowest BCUT2D eigenvalue weighted by Gasteiger charge is -2.21. The molecule has 2 rings (SSSR count). The molecular formula is C17H27NO. The average molecular weight is 261 g/mol. The number of aryl methyl sites for hydroxylation is 1. The molecule has 0 saturated heterocycles. The second-order valence-corrected chi connectivity index (χ2v) is 6.02. The number of rotatable bonds is 4. The van der Waals surface area contributed by atoms with Gasteiger partial charge in [-0.2, -0.15) is 0 Å². The van der Waals surface area contributed by atoms with Gasteiger partial charge in [-0.25, -0.2) is 0 Å². The highest BCUT2D eigenvalue weighted by molar-refractivity contribution is 5.38. The molecule has 0 heterocycles. The minimum atomic E-state index is 0.236. The van der Waals surface area contributed by atoms with Crippen molar-refractivity contribution in [1.29, 1.82) is 0 Å². The van der Waals surface area contributed by atoms with Crippen LogP contribution in [0.2, 0.25) is 0 Å². The zero-order chi connectivity index (χ0) is 13.8. The number of fused-ring (bicyclic) bond motifs is 1. The van der Waals surface area contributed by atoms with Crippen LogP contribution in [-0.4, -0.2) is 12.6 Å². The Morgan fingerprint density at radius 3 is 2.84 bits per heavy atom. The highest BCUT2D eigenvalue weighted by Gasteiger charge is 2.22. The number of nitrogens with one attached hydrogen (secondary N) is 1. The molecule has 2 unspecified atom stereocenters. The van der Waals surface area contributed by atoms with Crippen LogP contribution in [0.3, 0.4) is 0 Å². The van der Waals surface area contributed by atoms with Crippen molar-refractivity contribution >= 4 is 0 Å². The zero-order valence-electron chi connectivity index (χ0n) is 12.7. The van der Waals surface area contributed by atoms with Crippen LogP contribution in [0.5, 0.6) is 5.75 Å². The summed E-state index contributed by atoms with van der Waals surface area (Å²) in [6.07, 6.45) is 3.95. The van der Waals surface area contributed by atoms with Crippen molar-refractivity contribution in [2.24, 2.45) is 5.92 Å². The largest absolute Gasteiger partial charge is 0.491 e. The van der Waals surface area contributed by atoms with Crippen molar-refractivity contribution in [3.8, 4) is 5.75 Å². The first-order valence-corrected chi connectivity index (χ1v) is 7.63. The standard InChI is InChI=1S/C17H27NO/c1-5-18-17-10-13(4)6-7-14-8-9-15(11-16(14)17)19-12(2)3/h8-9,11-13,17-18H,5-7,10H2,1-4H3. The van der Waals surface area contributed by atoms with Crippen molar-refractivity contribution in [3.63, 3.8) is 0 Å². The van der Waals surface area contributed by atoms with Gasteiger partial charge in [0.25, 0.3) is 0 Å². The van der Waals surface area contributed by atoms with Gasteiger partial charge >= 0.3 is 0 Å². The van der Waals surface area contributed by atoms with Crippen LogP contribution in [-0.2, 0) is 6.42 Å². The minimum absolute atomic E-state index is 0.236. The summed E-state index contributed by atoms with van der Waals surface area (Å²) in [6.45, 7) is 9.72. The first kappa shape index (κ1) is 14.4. The third-order valence-corrected chi connectivity index (χ3v) is 3.86. The van der Waals surface area contributed by atoms with Crippen LogP contribution in [0.1, 0.15) is 57.7 Å². The van der Waals surface area contributed by atoms with Crippen LogP contribution in [0, 0.1) is 5.92 Å². The van der Waals surface area contributed by atoms with Crippen molar-refractivity contribution in [3.05, 3.63) is 29.3 Å². The van der Waals surface area contributed by atoms with E-state index in [0.29, 0.717) is 6.04 Å². The Balaban J connectivity index is 2.29. The van der Waals surface area contributed by atoms with E-state index in [9.17, 15) is 0 Å². The van der Waals surface area contributed by atoms with Crippen LogP contribution in [0.25, 0.3) is 0 Å². The van der Waals surface area contributed by atoms with Gasteiger partial charge < -0.3 is 10.1 Å². The predicted molar refractivity (Wildman–Crippen MR) is 80.7 cm³/mol. The van der Waals surface area contributed by atoms with Crippen LogP contribution in [0.4, 0.5) is 0 Å². The van der Waals surface area contributed by atoms with E-state index in [2.05, 4.69) is 51.2 Å². The minimum Gasteiger partial charge on any atom is -0.491 e. The molecule has 0 fully saturated rings. The fourth-order valence-electron chi connectivity index (χ4n) is 2.96. The van der Waals surface area contributed by atoms with Crippen molar-refractivity contribution in [2.75, 3.05) is 6.54 Å². The third-order valence-electron chi connectivity index (χ3n) is 3.86. The molecule has 2 atom stereocenters. The van der Waals surface area contributed by atoms with Crippen molar-refractivity contribution in [1.82, 2.24) is 5.32 Å². The SMILES string of the molecule is CCNC1CC(C)CCc2ccc(OC(C)C)cc21. The quantitative estimate of drug-likeness (QED) is 0.824. The first-order chi connectivity index (χ1) is 9.10. The molecule has 106 valence electrons. The molecule has 19 heavy (non-hydrogen) atoms. The normalized spacial score (nSPS) is 23.0. The second-order valence-electron chi connectivity index (χ2n) is 6.02. The molecule has 0 amide bonds. The first-order valence-electron chi connectivity index (χ1n) is 7.63. The Hall–Kier alpha value is -1.02. The highest BCUT2D eigenvalue weighted by Crippen LogP contribution is 2.34. The van der Waals surface area contributed by atoms with E-state index in [0.717, 1.165) is 18.2 Å². The van der Waals surface area contributed by atoms with Crippen LogP contribution >= 0.6 is 0 Å². The van der Waals surface area contributed by atoms with Gasteiger partial charge in [0.2, 0.25) is 0 Å². The van der Waals surface area contributed by atoms with E-state index in [1.54, 1.807) is 0 Å². The summed E-state index contributed by atoms with van der Waals surface area (Å²) in [6, 6.07) is 7.11. The van der Waals surface area contributed by atoms with Gasteiger partial charge in [-0.1, -0.05) is 19.9 Å². The van der Waals surface area contributed by atoms with E-state index in [4.69, 9.17) is 4.74 Å². The average Bonchev–Trinajstić information content (AvgIpc) is 2.49. The molecule has 0 spiro atoms. The van der Waals surface area contributed by atoms with Crippen LogP contribution < -0.4 is 10.1 Å². The summed E-state index contributed by atoms with van der Waals surface area (Å²) in [4.78, 5) is 0. The van der Waals surface area contributed by atoms with Gasteiger partial charge in [0.05, 0.1) is 6.10 Å². The fourth-order valence-corrected chi connectivity index (χ4v) is 2.96. The molecule has 0 saturated carbocycles. The topological polar surface area (TPSA) is 21.3 Å². The lowest BCUT2D eigenvalue weighted by molar-refractivity contribution is 0.242. The Kier molecular flexibility index (Phi) is 4.87. The molecule has 1 N–H and O–H groups in total. The summed E-state index contributed by atoms with van der Waals surface area (Å²) in [5.41, 5.74) is 2.94. The summed E-state index contributed by atoms with van der Waals surface area (Å²) in [7, 11) is 0. The molecule has 1 aromatic rings. The maximum Gasteiger partial charge on any atom is 0.120 e. The van der Waals surface area contributed by atoms with Gasteiger partial charge in [0.15, 0.2) is 0 Å². The Morgan fingerprint density at radius 2 is 2.16 bits per heavy atom. The molecule has 2 nitrogen and oxygen atoms in total. The van der Waals surface area contributed by atoms with E-state index >= 15 is 0 Å². The molecule has 0 bridgehead atoms. The summed E-state index contributed by atoms with van der Waals surface area (Å²) in [5.74, 6) is 1.79. The van der Waals surface area contributed by atoms with Gasteiger partial charge in [-0.3, -0.25) is 0 Å². The van der Waals surface area contributed by atoms with E-state index in [-0.39, 0.29) is 6.10 Å². The van der Waals surface area contributed by atoms with Crippen molar-refractivity contribution < 1.29 is 4.74 Å². The summed E-state index contributed by atoms with van der Waals surface area (Å²) in [5, 5.41) is 3.64. The summed E-state index contributed by atoms with van der Waals surface area (Å²) < 4.78 is 5.85. The molecule has 0 radical (unpaired) electrons. The van der Waals surface area contributed by atoms with E-state index in [1.807, 2.05) is 0 Å². The molecule has 0 aromatic heterocycles. The highest BCUT2D eigenvalue weighted by atomic mass is 16.5. The van der Waals surface area contributed by atoms with Gasteiger partial charge in [-0.15, -0.1) is 0 Å². The molecule has 2 heteroatoms. The maximum atomic E-state index is 5.85. The molecule has 1 aliphatic carbocycles. The molecule has 1 aromatic carbocycles. The number of ether oxygens (including phenoxy) is 1. The molecule has 0 aliphatic heterocycles. The predicted octanol–water partition coefficient (Wildman–Crippen LogP) is 4.10. The van der Waals surface area contributed by atoms with Crippen molar-refractivity contribution in [2.45, 2.75) is 59.1 Å². The van der Waals surface area contributed by atoms with Gasteiger partial charge in [-0.05, 0) is 68.8 Å². The molecular weight excluding hydrogens is 234 g/mol. The monoisotopic (exact) mass is 261 g/mol. The maximum absolute atomic E-state index is 5.85. The molecule has 1 aliphatic rings. The zero-order valence-corrected chi connectivity index (χ0v) is 12.7. The second kappa shape index (κ2) is 6.42. The fraction of sp³-hybridized carbons (Fsp3) is 0.647. The Morgan fingerprint density at radius 1 is 1.37 bits per heavy atom.